The van der Waals surface area contributed by atoms with E-state index in [1.54, 1.807) is 31.2 Å². The van der Waals surface area contributed by atoms with Crippen molar-refractivity contribution >= 4 is 47.0 Å². The summed E-state index contributed by atoms with van der Waals surface area (Å²) in [4.78, 5) is 36.3. The molecule has 0 saturated heterocycles. The molecular weight excluding hydrogens is 448 g/mol. The Hall–Kier alpha value is -3.31. The highest BCUT2D eigenvalue weighted by Gasteiger charge is 2.29. The molecule has 0 saturated carbocycles. The molecule has 31 heavy (non-hydrogen) atoms. The molecule has 2 heterocycles. The van der Waals surface area contributed by atoms with Crippen molar-refractivity contribution < 1.29 is 28.0 Å². The minimum Gasteiger partial charge on any atom is -0.462 e. The molecule has 0 radical (unpaired) electrons. The van der Waals surface area contributed by atoms with Gasteiger partial charge in [0.1, 0.15) is 16.9 Å². The number of carbonyl (C=O) groups is 3. The fourth-order valence-corrected chi connectivity index (χ4v) is 3.37. The van der Waals surface area contributed by atoms with Crippen LogP contribution in [0.25, 0.3) is 11.5 Å². The summed E-state index contributed by atoms with van der Waals surface area (Å²) in [6.45, 7) is 3.17. The first kappa shape index (κ1) is 22.4. The molecule has 2 aromatic heterocycles. The number of primary amides is 1. The lowest BCUT2D eigenvalue weighted by molar-refractivity contribution is -0.113. The van der Waals surface area contributed by atoms with Crippen molar-refractivity contribution in [3.05, 3.63) is 46.2 Å². The second-order valence-corrected chi connectivity index (χ2v) is 7.41. The molecule has 3 N–H and O–H groups in total. The van der Waals surface area contributed by atoms with E-state index in [-0.39, 0.29) is 46.2 Å². The van der Waals surface area contributed by atoms with Gasteiger partial charge in [0.05, 0.1) is 12.4 Å². The number of furan rings is 1. The van der Waals surface area contributed by atoms with Crippen molar-refractivity contribution in [3.63, 3.8) is 0 Å². The van der Waals surface area contributed by atoms with Crippen LogP contribution >= 0.6 is 23.4 Å². The highest BCUT2D eigenvalue weighted by molar-refractivity contribution is 7.99. The third-order valence-electron chi connectivity index (χ3n) is 3.87. The number of thioether (sulfide) groups is 1. The largest absolute Gasteiger partial charge is 0.462 e. The summed E-state index contributed by atoms with van der Waals surface area (Å²) in [5, 5.41) is 10.9. The van der Waals surface area contributed by atoms with E-state index in [9.17, 15) is 14.4 Å². The summed E-state index contributed by atoms with van der Waals surface area (Å²) in [6.07, 6.45) is 0. The summed E-state index contributed by atoms with van der Waals surface area (Å²) >= 11 is 6.92. The Morgan fingerprint density at radius 1 is 1.23 bits per heavy atom. The minimum absolute atomic E-state index is 0.0956. The average molecular weight is 465 g/mol. The number of aryl methyl sites for hydroxylation is 1. The molecule has 2 amide bonds. The first-order valence-corrected chi connectivity index (χ1v) is 10.3. The monoisotopic (exact) mass is 464 g/mol. The number of esters is 1. The Morgan fingerprint density at radius 2 is 2.00 bits per heavy atom. The van der Waals surface area contributed by atoms with E-state index in [1.807, 2.05) is 0 Å². The van der Waals surface area contributed by atoms with Crippen LogP contribution in [0.15, 0.2) is 38.3 Å². The smallest absolute Gasteiger partial charge is 0.342 e. The number of hydrogen-bond acceptors (Lipinski definition) is 9. The van der Waals surface area contributed by atoms with Crippen molar-refractivity contribution in [3.8, 4) is 11.5 Å². The van der Waals surface area contributed by atoms with Crippen molar-refractivity contribution in [1.29, 1.82) is 0 Å². The lowest BCUT2D eigenvalue weighted by Gasteiger charge is -2.04. The molecule has 162 valence electrons. The number of ether oxygens (including phenoxy) is 1. The zero-order valence-electron chi connectivity index (χ0n) is 16.4. The van der Waals surface area contributed by atoms with Gasteiger partial charge in [-0.3, -0.25) is 14.9 Å². The number of nitrogens with one attached hydrogen (secondary N) is 1. The number of nitrogens with two attached hydrogens (primary N) is 1. The van der Waals surface area contributed by atoms with E-state index in [2.05, 4.69) is 15.5 Å². The van der Waals surface area contributed by atoms with Crippen LogP contribution in [0.1, 0.15) is 33.4 Å². The standard InChI is InChI=1S/C19H17ClN4O6S/c1-3-28-18(27)13-9(2)29-17(14(13)15(21)26)22-12(25)8-31-19-24-23-16(30-19)10-5-4-6-11(20)7-10/h4-7H,3,8H2,1-2H3,(H2,21,26)(H,22,25). The molecule has 0 unspecified atom stereocenters. The number of hydrogen-bond donors (Lipinski definition) is 2. The number of halogens is 1. The van der Waals surface area contributed by atoms with Gasteiger partial charge in [0, 0.05) is 10.6 Å². The van der Waals surface area contributed by atoms with Crippen LogP contribution in [0.3, 0.4) is 0 Å². The van der Waals surface area contributed by atoms with E-state index in [0.717, 1.165) is 11.8 Å². The first-order chi connectivity index (χ1) is 14.8. The van der Waals surface area contributed by atoms with Gasteiger partial charge >= 0.3 is 5.97 Å². The highest BCUT2D eigenvalue weighted by Crippen LogP contribution is 2.29. The summed E-state index contributed by atoms with van der Waals surface area (Å²) in [6, 6.07) is 6.88. The Kier molecular flexibility index (Phi) is 6.98. The average Bonchev–Trinajstić information content (AvgIpc) is 3.31. The van der Waals surface area contributed by atoms with E-state index >= 15 is 0 Å². The van der Waals surface area contributed by atoms with Gasteiger partial charge in [-0.25, -0.2) is 4.79 Å². The van der Waals surface area contributed by atoms with E-state index in [0.29, 0.717) is 10.6 Å². The Labute approximate surface area is 185 Å². The minimum atomic E-state index is -0.939. The van der Waals surface area contributed by atoms with E-state index < -0.39 is 17.8 Å². The fourth-order valence-electron chi connectivity index (χ4n) is 2.61. The van der Waals surface area contributed by atoms with Crippen LogP contribution in [-0.2, 0) is 9.53 Å². The molecule has 3 aromatic rings. The van der Waals surface area contributed by atoms with E-state index in [1.165, 1.54) is 6.92 Å². The first-order valence-electron chi connectivity index (χ1n) is 8.92. The molecule has 10 nitrogen and oxygen atoms in total. The Morgan fingerprint density at radius 3 is 2.68 bits per heavy atom. The van der Waals surface area contributed by atoms with Crippen LogP contribution in [0.5, 0.6) is 0 Å². The van der Waals surface area contributed by atoms with Crippen LogP contribution in [0.2, 0.25) is 5.02 Å². The van der Waals surface area contributed by atoms with Crippen LogP contribution in [0.4, 0.5) is 5.88 Å². The molecule has 0 atom stereocenters. The molecule has 0 spiro atoms. The van der Waals surface area contributed by atoms with Crippen LogP contribution in [-0.4, -0.2) is 40.3 Å². The van der Waals surface area contributed by atoms with Gasteiger partial charge in [-0.2, -0.15) is 0 Å². The van der Waals surface area contributed by atoms with Crippen molar-refractivity contribution in [2.24, 2.45) is 5.73 Å². The molecule has 0 aliphatic heterocycles. The SMILES string of the molecule is CCOC(=O)c1c(C)oc(NC(=O)CSc2nnc(-c3cccc(Cl)c3)o2)c1C(N)=O. The molecule has 0 aliphatic carbocycles. The molecule has 1 aromatic carbocycles. The van der Waals surface area contributed by atoms with Gasteiger partial charge in [-0.15, -0.1) is 10.2 Å². The number of benzene rings is 1. The molecule has 0 aliphatic rings. The lowest BCUT2D eigenvalue weighted by atomic mass is 10.1. The van der Waals surface area contributed by atoms with E-state index in [4.69, 9.17) is 30.9 Å². The molecular formula is C19H17ClN4O6S. The highest BCUT2D eigenvalue weighted by atomic mass is 35.5. The number of aromatic nitrogens is 2. The third kappa shape index (κ3) is 5.25. The van der Waals surface area contributed by atoms with Gasteiger partial charge in [0.15, 0.2) is 0 Å². The molecule has 0 fully saturated rings. The van der Waals surface area contributed by atoms with Gasteiger partial charge in [0.25, 0.3) is 11.1 Å². The van der Waals surface area contributed by atoms with Crippen LogP contribution < -0.4 is 11.1 Å². The Bertz CT molecular complexity index is 1140. The molecule has 3 rings (SSSR count). The quantitative estimate of drug-likeness (QED) is 0.377. The van der Waals surface area contributed by atoms with Crippen molar-refractivity contribution in [2.75, 3.05) is 17.7 Å². The van der Waals surface area contributed by atoms with Gasteiger partial charge in [-0.05, 0) is 32.0 Å². The van der Waals surface area contributed by atoms with Gasteiger partial charge < -0.3 is 19.3 Å². The molecule has 12 heteroatoms. The fraction of sp³-hybridized carbons (Fsp3) is 0.211. The van der Waals surface area contributed by atoms with Gasteiger partial charge in [-0.1, -0.05) is 29.4 Å². The predicted molar refractivity (Wildman–Crippen MR) is 112 cm³/mol. The maximum atomic E-state index is 12.3. The van der Waals surface area contributed by atoms with Gasteiger partial charge in [0.2, 0.25) is 17.7 Å². The predicted octanol–water partition coefficient (Wildman–Crippen LogP) is 3.30. The molecule has 0 bridgehead atoms. The topological polar surface area (TPSA) is 151 Å². The Balaban J connectivity index is 1.68. The van der Waals surface area contributed by atoms with Crippen molar-refractivity contribution in [1.82, 2.24) is 10.2 Å². The zero-order valence-corrected chi connectivity index (χ0v) is 18.0. The zero-order chi connectivity index (χ0) is 22.5. The maximum absolute atomic E-state index is 12.3. The van der Waals surface area contributed by atoms with Crippen LogP contribution in [0, 0.1) is 6.92 Å². The lowest BCUT2D eigenvalue weighted by Crippen LogP contribution is -2.21. The normalized spacial score (nSPS) is 10.7. The summed E-state index contributed by atoms with van der Waals surface area (Å²) in [7, 11) is 0. The summed E-state index contributed by atoms with van der Waals surface area (Å²) in [5.74, 6) is -2.27. The summed E-state index contributed by atoms with van der Waals surface area (Å²) in [5.41, 5.74) is 5.63. The number of anilines is 1. The second kappa shape index (κ2) is 9.67. The maximum Gasteiger partial charge on any atom is 0.342 e. The van der Waals surface area contributed by atoms with Crippen molar-refractivity contribution in [2.45, 2.75) is 19.1 Å². The number of amides is 2. The number of nitrogens with zero attached hydrogens (tertiary/aromatic N) is 2. The second-order valence-electron chi connectivity index (χ2n) is 6.04. The third-order valence-corrected chi connectivity index (χ3v) is 4.92. The number of rotatable bonds is 8. The summed E-state index contributed by atoms with van der Waals surface area (Å²) < 4.78 is 15.8. The number of carbonyl (C=O) groups excluding carboxylic acids is 3.